The van der Waals surface area contributed by atoms with Crippen LogP contribution in [0, 0.1) is 6.92 Å². The standard InChI is InChI=1S/C8H9ClN2O2/c1-5-8(7(13)3-9)6(4-12)11(2)10-5/h4H,3H2,1-2H3. The van der Waals surface area contributed by atoms with E-state index in [1.807, 2.05) is 0 Å². The second kappa shape index (κ2) is 3.70. The van der Waals surface area contributed by atoms with E-state index in [4.69, 9.17) is 11.6 Å². The van der Waals surface area contributed by atoms with E-state index >= 15 is 0 Å². The Morgan fingerprint density at radius 3 is 2.77 bits per heavy atom. The molecule has 1 heterocycles. The first-order chi connectivity index (χ1) is 6.11. The number of ketones is 1. The van der Waals surface area contributed by atoms with Gasteiger partial charge in [0, 0.05) is 7.05 Å². The number of hydrogen-bond donors (Lipinski definition) is 0. The van der Waals surface area contributed by atoms with Gasteiger partial charge < -0.3 is 0 Å². The third-order valence-corrected chi connectivity index (χ3v) is 2.02. The number of aldehydes is 1. The molecule has 0 saturated carbocycles. The summed E-state index contributed by atoms with van der Waals surface area (Å²) in [6.07, 6.45) is 0.611. The molecule has 1 aromatic rings. The fourth-order valence-corrected chi connectivity index (χ4v) is 1.36. The minimum atomic E-state index is -0.269. The van der Waals surface area contributed by atoms with E-state index in [2.05, 4.69) is 5.10 Å². The molecule has 0 amide bonds. The van der Waals surface area contributed by atoms with Gasteiger partial charge in [-0.25, -0.2) is 0 Å². The fourth-order valence-electron chi connectivity index (χ4n) is 1.22. The number of Topliss-reactive ketones (excluding diaryl/α,β-unsaturated/α-hetero) is 1. The number of aryl methyl sites for hydroxylation is 2. The molecule has 0 atom stereocenters. The minimum absolute atomic E-state index is 0.132. The van der Waals surface area contributed by atoms with Gasteiger partial charge in [-0.15, -0.1) is 11.6 Å². The monoisotopic (exact) mass is 200 g/mol. The van der Waals surface area contributed by atoms with Crippen LogP contribution in [0.25, 0.3) is 0 Å². The van der Waals surface area contributed by atoms with E-state index in [0.717, 1.165) is 0 Å². The maximum absolute atomic E-state index is 11.3. The summed E-state index contributed by atoms with van der Waals surface area (Å²) >= 11 is 5.39. The Hall–Kier alpha value is -1.16. The Kier molecular flexibility index (Phi) is 2.83. The van der Waals surface area contributed by atoms with Crippen molar-refractivity contribution in [3.63, 3.8) is 0 Å². The summed E-state index contributed by atoms with van der Waals surface area (Å²) in [5, 5.41) is 3.96. The number of aromatic nitrogens is 2. The van der Waals surface area contributed by atoms with Crippen molar-refractivity contribution in [3.05, 3.63) is 17.0 Å². The SMILES string of the molecule is Cc1nn(C)c(C=O)c1C(=O)CCl. The van der Waals surface area contributed by atoms with Crippen LogP contribution in [0.1, 0.15) is 26.5 Å². The molecule has 1 aromatic heterocycles. The maximum Gasteiger partial charge on any atom is 0.181 e. The molecular weight excluding hydrogens is 192 g/mol. The summed E-state index contributed by atoms with van der Waals surface area (Å²) in [4.78, 5) is 21.9. The highest BCUT2D eigenvalue weighted by molar-refractivity contribution is 6.31. The first-order valence-corrected chi connectivity index (χ1v) is 4.23. The van der Waals surface area contributed by atoms with Gasteiger partial charge in [-0.2, -0.15) is 5.10 Å². The van der Waals surface area contributed by atoms with E-state index in [0.29, 0.717) is 17.5 Å². The van der Waals surface area contributed by atoms with Crippen LogP contribution < -0.4 is 0 Å². The van der Waals surface area contributed by atoms with Crippen molar-refractivity contribution in [1.82, 2.24) is 9.78 Å². The molecule has 5 heteroatoms. The first-order valence-electron chi connectivity index (χ1n) is 3.69. The summed E-state index contributed by atoms with van der Waals surface area (Å²) in [7, 11) is 1.61. The molecule has 70 valence electrons. The zero-order chi connectivity index (χ0) is 10.0. The van der Waals surface area contributed by atoms with Gasteiger partial charge in [-0.05, 0) is 6.92 Å². The molecule has 0 aliphatic rings. The zero-order valence-corrected chi connectivity index (χ0v) is 8.13. The first kappa shape index (κ1) is 9.92. The second-order valence-electron chi connectivity index (χ2n) is 2.64. The van der Waals surface area contributed by atoms with Crippen molar-refractivity contribution < 1.29 is 9.59 Å². The predicted molar refractivity (Wildman–Crippen MR) is 48.4 cm³/mol. The lowest BCUT2D eigenvalue weighted by Crippen LogP contribution is -2.06. The molecule has 0 aromatic carbocycles. The molecule has 0 spiro atoms. The normalized spacial score (nSPS) is 10.1. The van der Waals surface area contributed by atoms with Crippen LogP contribution >= 0.6 is 11.6 Å². The van der Waals surface area contributed by atoms with Crippen molar-refractivity contribution in [1.29, 1.82) is 0 Å². The highest BCUT2D eigenvalue weighted by Crippen LogP contribution is 2.12. The third kappa shape index (κ3) is 1.62. The Bertz CT molecular complexity index is 357. The summed E-state index contributed by atoms with van der Waals surface area (Å²) in [6.45, 7) is 1.67. The van der Waals surface area contributed by atoms with Crippen LogP contribution in [-0.2, 0) is 7.05 Å². The number of halogens is 1. The van der Waals surface area contributed by atoms with Gasteiger partial charge in [0.05, 0.1) is 17.1 Å². The Labute approximate surface area is 80.5 Å². The molecule has 0 radical (unpaired) electrons. The molecule has 0 N–H and O–H groups in total. The predicted octanol–water partition coefficient (Wildman–Crippen LogP) is 0.963. The van der Waals surface area contributed by atoms with Gasteiger partial charge >= 0.3 is 0 Å². The average Bonchev–Trinajstić information content (AvgIpc) is 2.39. The molecule has 0 aliphatic heterocycles. The van der Waals surface area contributed by atoms with E-state index in [-0.39, 0.29) is 17.4 Å². The maximum atomic E-state index is 11.3. The lowest BCUT2D eigenvalue weighted by molar-refractivity contribution is 0.101. The van der Waals surface area contributed by atoms with Crippen molar-refractivity contribution in [2.75, 3.05) is 5.88 Å². The van der Waals surface area contributed by atoms with Gasteiger partial charge in [-0.3, -0.25) is 14.3 Å². The van der Waals surface area contributed by atoms with Crippen LogP contribution in [0.5, 0.6) is 0 Å². The summed E-state index contributed by atoms with van der Waals surface area (Å²) in [5.41, 5.74) is 1.14. The van der Waals surface area contributed by atoms with Gasteiger partial charge in [0.2, 0.25) is 0 Å². The Morgan fingerprint density at radius 2 is 2.31 bits per heavy atom. The molecule has 0 unspecified atom stereocenters. The molecule has 13 heavy (non-hydrogen) atoms. The second-order valence-corrected chi connectivity index (χ2v) is 2.91. The number of alkyl halides is 1. The van der Waals surface area contributed by atoms with Crippen LogP contribution in [-0.4, -0.2) is 27.7 Å². The van der Waals surface area contributed by atoms with Crippen LogP contribution in [0.3, 0.4) is 0 Å². The van der Waals surface area contributed by atoms with Gasteiger partial charge in [0.15, 0.2) is 12.1 Å². The van der Waals surface area contributed by atoms with Crippen LogP contribution in [0.2, 0.25) is 0 Å². The quantitative estimate of drug-likeness (QED) is 0.415. The number of nitrogens with zero attached hydrogens (tertiary/aromatic N) is 2. The average molecular weight is 201 g/mol. The van der Waals surface area contributed by atoms with Crippen LogP contribution in [0.15, 0.2) is 0 Å². The van der Waals surface area contributed by atoms with Gasteiger partial charge in [0.25, 0.3) is 0 Å². The largest absolute Gasteiger partial charge is 0.296 e. The molecule has 0 aliphatic carbocycles. The van der Waals surface area contributed by atoms with Crippen molar-refractivity contribution in [2.45, 2.75) is 6.92 Å². The minimum Gasteiger partial charge on any atom is -0.296 e. The van der Waals surface area contributed by atoms with Gasteiger partial charge in [0.1, 0.15) is 5.69 Å². The number of hydrogen-bond acceptors (Lipinski definition) is 3. The molecule has 0 bridgehead atoms. The summed E-state index contributed by atoms with van der Waals surface area (Å²) in [6, 6.07) is 0. The van der Waals surface area contributed by atoms with Crippen molar-refractivity contribution in [2.24, 2.45) is 7.05 Å². The lowest BCUT2D eigenvalue weighted by Gasteiger charge is -1.95. The number of carbonyl (C=O) groups excluding carboxylic acids is 2. The Balaban J connectivity index is 3.32. The third-order valence-electron chi connectivity index (χ3n) is 1.78. The number of carbonyl (C=O) groups is 2. The summed E-state index contributed by atoms with van der Waals surface area (Å²) in [5.74, 6) is -0.401. The van der Waals surface area contributed by atoms with Crippen molar-refractivity contribution in [3.8, 4) is 0 Å². The van der Waals surface area contributed by atoms with Crippen LogP contribution in [0.4, 0.5) is 0 Å². The lowest BCUT2D eigenvalue weighted by atomic mass is 10.1. The smallest absolute Gasteiger partial charge is 0.181 e. The Morgan fingerprint density at radius 1 is 1.69 bits per heavy atom. The van der Waals surface area contributed by atoms with E-state index in [1.54, 1.807) is 14.0 Å². The molecule has 4 nitrogen and oxygen atoms in total. The topological polar surface area (TPSA) is 52.0 Å². The van der Waals surface area contributed by atoms with E-state index in [1.165, 1.54) is 4.68 Å². The van der Waals surface area contributed by atoms with E-state index < -0.39 is 0 Å². The molecular formula is C8H9ClN2O2. The number of rotatable bonds is 3. The van der Waals surface area contributed by atoms with E-state index in [9.17, 15) is 9.59 Å². The highest BCUT2D eigenvalue weighted by Gasteiger charge is 2.18. The zero-order valence-electron chi connectivity index (χ0n) is 7.37. The highest BCUT2D eigenvalue weighted by atomic mass is 35.5. The molecule has 0 fully saturated rings. The molecule has 0 saturated heterocycles. The fraction of sp³-hybridized carbons (Fsp3) is 0.375. The van der Waals surface area contributed by atoms with Crippen molar-refractivity contribution >= 4 is 23.7 Å². The molecule has 1 rings (SSSR count). The summed E-state index contributed by atoms with van der Waals surface area (Å²) < 4.78 is 1.38. The van der Waals surface area contributed by atoms with Gasteiger partial charge in [-0.1, -0.05) is 0 Å².